The lowest BCUT2D eigenvalue weighted by Crippen LogP contribution is -1.99. The molecule has 0 fully saturated rings. The Labute approximate surface area is 87.6 Å². The van der Waals surface area contributed by atoms with Gasteiger partial charge in [-0.1, -0.05) is 6.07 Å². The summed E-state index contributed by atoms with van der Waals surface area (Å²) in [5.74, 6) is 0.755. The number of rotatable bonds is 4. The first kappa shape index (κ1) is 10.1. The van der Waals surface area contributed by atoms with Crippen LogP contribution in [-0.2, 0) is 13.0 Å². The Balaban J connectivity index is 2.37. The van der Waals surface area contributed by atoms with Crippen LogP contribution in [-0.4, -0.2) is 26.3 Å². The maximum atomic E-state index is 8.72. The number of fused-ring (bicyclic) bond motifs is 1. The molecule has 0 aliphatic carbocycles. The van der Waals surface area contributed by atoms with Crippen molar-refractivity contribution in [2.24, 2.45) is 5.73 Å². The topological polar surface area (TPSA) is 76.4 Å². The van der Waals surface area contributed by atoms with Crippen LogP contribution in [0.4, 0.5) is 0 Å². The predicted molar refractivity (Wildman–Crippen MR) is 56.3 cm³/mol. The molecule has 0 aliphatic heterocycles. The highest BCUT2D eigenvalue weighted by Crippen LogP contribution is 2.08. The second-order valence-corrected chi connectivity index (χ2v) is 3.36. The third-order valence-corrected chi connectivity index (χ3v) is 2.27. The van der Waals surface area contributed by atoms with E-state index in [-0.39, 0.29) is 6.61 Å². The molecule has 0 aromatic carbocycles. The quantitative estimate of drug-likeness (QED) is 0.744. The minimum absolute atomic E-state index is 0.166. The highest BCUT2D eigenvalue weighted by Gasteiger charge is 2.05. The lowest BCUT2D eigenvalue weighted by Gasteiger charge is -1.96. The van der Waals surface area contributed by atoms with Gasteiger partial charge in [0.05, 0.1) is 0 Å². The minimum Gasteiger partial charge on any atom is -0.396 e. The molecule has 0 atom stereocenters. The smallest absolute Gasteiger partial charge is 0.160 e. The van der Waals surface area contributed by atoms with E-state index >= 15 is 0 Å². The molecular weight excluding hydrogens is 192 g/mol. The molecule has 0 unspecified atom stereocenters. The summed E-state index contributed by atoms with van der Waals surface area (Å²) < 4.78 is 1.73. The van der Waals surface area contributed by atoms with Crippen LogP contribution in [0.1, 0.15) is 17.8 Å². The third kappa shape index (κ3) is 1.98. The monoisotopic (exact) mass is 206 g/mol. The minimum atomic E-state index is 0.166. The van der Waals surface area contributed by atoms with E-state index in [1.165, 1.54) is 0 Å². The van der Waals surface area contributed by atoms with Gasteiger partial charge in [-0.2, -0.15) is 5.10 Å². The summed E-state index contributed by atoms with van der Waals surface area (Å²) in [6.07, 6.45) is 3.24. The molecule has 80 valence electrons. The van der Waals surface area contributed by atoms with Crippen molar-refractivity contribution in [1.82, 2.24) is 14.6 Å². The summed E-state index contributed by atoms with van der Waals surface area (Å²) in [6.45, 7) is 0.627. The zero-order valence-electron chi connectivity index (χ0n) is 8.43. The molecule has 2 aromatic heterocycles. The number of pyridine rings is 1. The number of aliphatic hydroxyl groups excluding tert-OH is 1. The van der Waals surface area contributed by atoms with Gasteiger partial charge in [0.15, 0.2) is 11.5 Å². The molecule has 0 spiro atoms. The zero-order valence-corrected chi connectivity index (χ0v) is 8.43. The lowest BCUT2D eigenvalue weighted by molar-refractivity contribution is 0.287. The van der Waals surface area contributed by atoms with E-state index in [0.717, 1.165) is 17.0 Å². The molecule has 0 aliphatic rings. The summed E-state index contributed by atoms with van der Waals surface area (Å²) in [4.78, 5) is 4.38. The van der Waals surface area contributed by atoms with Crippen molar-refractivity contribution < 1.29 is 5.11 Å². The molecule has 2 heterocycles. The van der Waals surface area contributed by atoms with Gasteiger partial charge in [-0.05, 0) is 12.5 Å². The zero-order chi connectivity index (χ0) is 10.7. The van der Waals surface area contributed by atoms with Gasteiger partial charge in [0.25, 0.3) is 0 Å². The van der Waals surface area contributed by atoms with Crippen LogP contribution in [0, 0.1) is 0 Å². The number of nitrogens with zero attached hydrogens (tertiary/aromatic N) is 3. The van der Waals surface area contributed by atoms with Crippen LogP contribution in [0.2, 0.25) is 0 Å². The van der Waals surface area contributed by atoms with Crippen LogP contribution in [0.15, 0.2) is 18.3 Å². The first-order valence-corrected chi connectivity index (χ1v) is 4.99. The number of aliphatic hydroxyl groups is 1. The Morgan fingerprint density at radius 3 is 3.07 bits per heavy atom. The van der Waals surface area contributed by atoms with E-state index in [9.17, 15) is 0 Å². The van der Waals surface area contributed by atoms with Crippen molar-refractivity contribution in [2.45, 2.75) is 19.4 Å². The van der Waals surface area contributed by atoms with E-state index < -0.39 is 0 Å². The summed E-state index contributed by atoms with van der Waals surface area (Å²) in [5, 5.41) is 13.0. The molecule has 0 bridgehead atoms. The highest BCUT2D eigenvalue weighted by molar-refractivity contribution is 5.46. The number of aromatic nitrogens is 3. The molecular formula is C10H14N4O. The Kier molecular flexibility index (Phi) is 2.94. The van der Waals surface area contributed by atoms with E-state index in [4.69, 9.17) is 10.8 Å². The lowest BCUT2D eigenvalue weighted by atomic mass is 10.3. The third-order valence-electron chi connectivity index (χ3n) is 2.27. The number of nitrogens with two attached hydrogens (primary N) is 1. The fourth-order valence-corrected chi connectivity index (χ4v) is 1.51. The van der Waals surface area contributed by atoms with Crippen LogP contribution in [0.25, 0.3) is 5.65 Å². The van der Waals surface area contributed by atoms with Crippen LogP contribution < -0.4 is 5.73 Å². The molecule has 0 radical (unpaired) electrons. The number of hydrogen-bond donors (Lipinski definition) is 2. The van der Waals surface area contributed by atoms with Crippen molar-refractivity contribution in [3.05, 3.63) is 29.7 Å². The van der Waals surface area contributed by atoms with Crippen molar-refractivity contribution in [3.63, 3.8) is 0 Å². The van der Waals surface area contributed by atoms with Crippen molar-refractivity contribution in [1.29, 1.82) is 0 Å². The van der Waals surface area contributed by atoms with Crippen molar-refractivity contribution >= 4 is 5.65 Å². The predicted octanol–water partition coefficient (Wildman–Crippen LogP) is 0.113. The highest BCUT2D eigenvalue weighted by atomic mass is 16.2. The van der Waals surface area contributed by atoms with Gasteiger partial charge < -0.3 is 10.8 Å². The van der Waals surface area contributed by atoms with Gasteiger partial charge in [-0.3, -0.25) is 0 Å². The molecule has 0 saturated carbocycles. The number of hydrogen-bond acceptors (Lipinski definition) is 4. The van der Waals surface area contributed by atoms with Gasteiger partial charge in [-0.15, -0.1) is 0 Å². The van der Waals surface area contributed by atoms with Crippen LogP contribution in [0.5, 0.6) is 0 Å². The van der Waals surface area contributed by atoms with Gasteiger partial charge in [0, 0.05) is 31.3 Å². The Morgan fingerprint density at radius 1 is 1.47 bits per heavy atom. The van der Waals surface area contributed by atoms with Crippen LogP contribution in [0.3, 0.4) is 0 Å². The normalized spacial score (nSPS) is 11.1. The maximum Gasteiger partial charge on any atom is 0.160 e. The molecule has 3 N–H and O–H groups in total. The molecule has 0 amide bonds. The Bertz CT molecular complexity index is 452. The molecule has 2 rings (SSSR count). The average Bonchev–Trinajstić information content (AvgIpc) is 2.68. The van der Waals surface area contributed by atoms with Crippen molar-refractivity contribution in [3.8, 4) is 0 Å². The largest absolute Gasteiger partial charge is 0.396 e. The summed E-state index contributed by atoms with van der Waals surface area (Å²) in [5.41, 5.74) is 7.40. The second-order valence-electron chi connectivity index (χ2n) is 3.36. The standard InChI is InChI=1S/C10H14N4O/c11-7-8-3-1-5-14-10(8)12-9(13-14)4-2-6-15/h1,3,5,15H,2,4,6-7,11H2. The fraction of sp³-hybridized carbons (Fsp3) is 0.400. The summed E-state index contributed by atoms with van der Waals surface area (Å²) in [6, 6.07) is 3.85. The van der Waals surface area contributed by atoms with Gasteiger partial charge in [0.2, 0.25) is 0 Å². The Hall–Kier alpha value is -1.46. The molecule has 2 aromatic rings. The molecule has 0 saturated heterocycles. The summed E-state index contributed by atoms with van der Waals surface area (Å²) >= 11 is 0. The molecule has 5 nitrogen and oxygen atoms in total. The van der Waals surface area contributed by atoms with Gasteiger partial charge in [0.1, 0.15) is 0 Å². The Morgan fingerprint density at radius 2 is 2.33 bits per heavy atom. The van der Waals surface area contributed by atoms with Crippen LogP contribution >= 0.6 is 0 Å². The SMILES string of the molecule is NCc1cccn2nc(CCCO)nc12. The van der Waals surface area contributed by atoms with Gasteiger partial charge >= 0.3 is 0 Å². The van der Waals surface area contributed by atoms with Gasteiger partial charge in [-0.25, -0.2) is 9.50 Å². The van der Waals surface area contributed by atoms with Crippen molar-refractivity contribution in [2.75, 3.05) is 6.61 Å². The maximum absolute atomic E-state index is 8.72. The van der Waals surface area contributed by atoms with E-state index in [1.807, 2.05) is 18.3 Å². The van der Waals surface area contributed by atoms with E-state index in [0.29, 0.717) is 19.4 Å². The first-order chi connectivity index (χ1) is 7.35. The average molecular weight is 206 g/mol. The van der Waals surface area contributed by atoms with E-state index in [1.54, 1.807) is 4.52 Å². The summed E-state index contributed by atoms with van der Waals surface area (Å²) in [7, 11) is 0. The second kappa shape index (κ2) is 4.37. The fourth-order valence-electron chi connectivity index (χ4n) is 1.51. The molecule has 5 heteroatoms. The molecule has 15 heavy (non-hydrogen) atoms. The number of aryl methyl sites for hydroxylation is 1. The first-order valence-electron chi connectivity index (χ1n) is 4.99. The van der Waals surface area contributed by atoms with E-state index in [2.05, 4.69) is 10.1 Å².